The minimum absolute atomic E-state index is 0.149. The molecule has 0 atom stereocenters. The summed E-state index contributed by atoms with van der Waals surface area (Å²) in [4.78, 5) is 21.2. The highest BCUT2D eigenvalue weighted by Crippen LogP contribution is 2.17. The Morgan fingerprint density at radius 3 is 2.75 bits per heavy atom. The van der Waals surface area contributed by atoms with Crippen LogP contribution < -0.4 is 16.8 Å². The van der Waals surface area contributed by atoms with Crippen molar-refractivity contribution in [3.63, 3.8) is 0 Å². The molecule has 1 aromatic rings. The Kier molecular flexibility index (Phi) is 4.44. The number of hydrogen-bond acceptors (Lipinski definition) is 7. The number of nitrogens with one attached hydrogen (secondary N) is 1. The van der Waals surface area contributed by atoms with E-state index in [1.54, 1.807) is 17.9 Å². The highest BCUT2D eigenvalue weighted by molar-refractivity contribution is 5.67. The molecular formula is C12H20N6O2. The van der Waals surface area contributed by atoms with Gasteiger partial charge in [-0.1, -0.05) is 0 Å². The van der Waals surface area contributed by atoms with E-state index in [0.29, 0.717) is 31.3 Å². The van der Waals surface area contributed by atoms with Crippen LogP contribution in [-0.4, -0.2) is 46.7 Å². The van der Waals surface area contributed by atoms with E-state index in [1.807, 2.05) is 0 Å². The number of nitrogen functional groups attached to an aromatic ring is 2. The molecule has 1 aliphatic rings. The van der Waals surface area contributed by atoms with Crippen molar-refractivity contribution in [1.29, 1.82) is 0 Å². The van der Waals surface area contributed by atoms with Gasteiger partial charge in [-0.15, -0.1) is 0 Å². The van der Waals surface area contributed by atoms with Crippen molar-refractivity contribution < 1.29 is 9.53 Å². The summed E-state index contributed by atoms with van der Waals surface area (Å²) in [5.41, 5.74) is 11.2. The molecule has 8 nitrogen and oxygen atoms in total. The van der Waals surface area contributed by atoms with Crippen molar-refractivity contribution in [2.45, 2.75) is 25.8 Å². The van der Waals surface area contributed by atoms with Crippen LogP contribution in [0.2, 0.25) is 0 Å². The van der Waals surface area contributed by atoms with E-state index in [-0.39, 0.29) is 18.1 Å². The molecule has 2 heterocycles. The standard InChI is InChI=1S/C12H20N6O2/c1-2-20-12(19)18-5-3-8(4-6-18)15-10-7-9(13)16-11(14)17-10/h7-8H,2-6H2,1H3,(H5,13,14,15,16,17). The van der Waals surface area contributed by atoms with Crippen LogP contribution in [-0.2, 0) is 4.74 Å². The molecule has 0 saturated carbocycles. The number of nitrogens with zero attached hydrogens (tertiary/aromatic N) is 3. The van der Waals surface area contributed by atoms with Crippen molar-refractivity contribution in [2.24, 2.45) is 0 Å². The van der Waals surface area contributed by atoms with Crippen molar-refractivity contribution in [3.8, 4) is 0 Å². The number of hydrogen-bond donors (Lipinski definition) is 3. The number of carbonyl (C=O) groups excluding carboxylic acids is 1. The third-order valence-electron chi connectivity index (χ3n) is 3.14. The average Bonchev–Trinajstić information content (AvgIpc) is 2.38. The van der Waals surface area contributed by atoms with Crippen LogP contribution in [0.25, 0.3) is 0 Å². The number of ether oxygens (including phenoxy) is 1. The summed E-state index contributed by atoms with van der Waals surface area (Å²) in [5.74, 6) is 1.10. The topological polar surface area (TPSA) is 119 Å². The number of aromatic nitrogens is 2. The molecular weight excluding hydrogens is 260 g/mol. The van der Waals surface area contributed by atoms with Crippen LogP contribution in [0.5, 0.6) is 0 Å². The normalized spacial score (nSPS) is 15.9. The lowest BCUT2D eigenvalue weighted by Gasteiger charge is -2.31. The lowest BCUT2D eigenvalue weighted by Crippen LogP contribution is -2.42. The molecule has 20 heavy (non-hydrogen) atoms. The number of anilines is 3. The van der Waals surface area contributed by atoms with E-state index in [9.17, 15) is 4.79 Å². The first-order valence-electron chi connectivity index (χ1n) is 6.66. The van der Waals surface area contributed by atoms with Gasteiger partial charge in [-0.3, -0.25) is 0 Å². The molecule has 1 saturated heterocycles. The number of amides is 1. The first-order valence-corrected chi connectivity index (χ1v) is 6.66. The van der Waals surface area contributed by atoms with E-state index >= 15 is 0 Å². The fourth-order valence-electron chi connectivity index (χ4n) is 2.19. The minimum Gasteiger partial charge on any atom is -0.450 e. The van der Waals surface area contributed by atoms with E-state index in [0.717, 1.165) is 12.8 Å². The van der Waals surface area contributed by atoms with Gasteiger partial charge in [0.05, 0.1) is 6.61 Å². The van der Waals surface area contributed by atoms with Crippen LogP contribution in [0.15, 0.2) is 6.07 Å². The van der Waals surface area contributed by atoms with Crippen molar-refractivity contribution in [2.75, 3.05) is 36.5 Å². The molecule has 1 amide bonds. The lowest BCUT2D eigenvalue weighted by molar-refractivity contribution is 0.0983. The zero-order valence-electron chi connectivity index (χ0n) is 11.5. The van der Waals surface area contributed by atoms with Gasteiger partial charge in [0.1, 0.15) is 11.6 Å². The Morgan fingerprint density at radius 2 is 2.15 bits per heavy atom. The van der Waals surface area contributed by atoms with E-state index in [2.05, 4.69) is 15.3 Å². The Bertz CT molecular complexity index is 453. The van der Waals surface area contributed by atoms with Gasteiger partial charge >= 0.3 is 6.09 Å². The average molecular weight is 280 g/mol. The first-order chi connectivity index (χ1) is 9.58. The smallest absolute Gasteiger partial charge is 0.409 e. The Hall–Kier alpha value is -2.25. The van der Waals surface area contributed by atoms with Crippen molar-refractivity contribution >= 4 is 23.7 Å². The largest absolute Gasteiger partial charge is 0.450 e. The Morgan fingerprint density at radius 1 is 1.45 bits per heavy atom. The summed E-state index contributed by atoms with van der Waals surface area (Å²) in [6, 6.07) is 1.88. The predicted molar refractivity (Wildman–Crippen MR) is 76.1 cm³/mol. The maximum Gasteiger partial charge on any atom is 0.409 e. The van der Waals surface area contributed by atoms with E-state index < -0.39 is 0 Å². The van der Waals surface area contributed by atoms with Gasteiger partial charge in [-0.25, -0.2) is 4.79 Å². The lowest BCUT2D eigenvalue weighted by atomic mass is 10.1. The SMILES string of the molecule is CCOC(=O)N1CCC(Nc2cc(N)nc(N)n2)CC1. The molecule has 8 heteroatoms. The summed E-state index contributed by atoms with van der Waals surface area (Å²) in [5, 5.41) is 3.26. The van der Waals surface area contributed by atoms with Crippen LogP contribution in [0.3, 0.4) is 0 Å². The first kappa shape index (κ1) is 14.2. The minimum atomic E-state index is -0.249. The second kappa shape index (κ2) is 6.27. The van der Waals surface area contributed by atoms with Gasteiger partial charge in [-0.05, 0) is 19.8 Å². The molecule has 1 aliphatic heterocycles. The Balaban J connectivity index is 1.86. The highest BCUT2D eigenvalue weighted by atomic mass is 16.6. The maximum absolute atomic E-state index is 11.6. The van der Waals surface area contributed by atoms with Crippen LogP contribution in [0, 0.1) is 0 Å². The zero-order valence-corrected chi connectivity index (χ0v) is 11.5. The predicted octanol–water partition coefficient (Wildman–Crippen LogP) is 0.674. The van der Waals surface area contributed by atoms with Gasteiger partial charge < -0.3 is 26.4 Å². The molecule has 1 aromatic heterocycles. The van der Waals surface area contributed by atoms with Crippen LogP contribution >= 0.6 is 0 Å². The molecule has 0 aliphatic carbocycles. The van der Waals surface area contributed by atoms with Crippen molar-refractivity contribution in [3.05, 3.63) is 6.07 Å². The number of piperidine rings is 1. The highest BCUT2D eigenvalue weighted by Gasteiger charge is 2.23. The van der Waals surface area contributed by atoms with Gasteiger partial charge in [0.2, 0.25) is 5.95 Å². The van der Waals surface area contributed by atoms with Gasteiger partial charge in [-0.2, -0.15) is 9.97 Å². The van der Waals surface area contributed by atoms with Crippen LogP contribution in [0.1, 0.15) is 19.8 Å². The second-order valence-corrected chi connectivity index (χ2v) is 4.64. The molecule has 110 valence electrons. The monoisotopic (exact) mass is 280 g/mol. The molecule has 0 unspecified atom stereocenters. The maximum atomic E-state index is 11.6. The molecule has 0 bridgehead atoms. The quantitative estimate of drug-likeness (QED) is 0.744. The number of rotatable bonds is 3. The number of carbonyl (C=O) groups is 1. The molecule has 0 radical (unpaired) electrons. The van der Waals surface area contributed by atoms with Gasteiger partial charge in [0, 0.05) is 25.2 Å². The summed E-state index contributed by atoms with van der Waals surface area (Å²) < 4.78 is 4.98. The molecule has 2 rings (SSSR count). The van der Waals surface area contributed by atoms with Gasteiger partial charge in [0.15, 0.2) is 0 Å². The zero-order chi connectivity index (χ0) is 14.5. The second-order valence-electron chi connectivity index (χ2n) is 4.64. The molecule has 1 fully saturated rings. The number of nitrogens with two attached hydrogens (primary N) is 2. The fourth-order valence-corrected chi connectivity index (χ4v) is 2.19. The molecule has 0 aromatic carbocycles. The molecule has 0 spiro atoms. The fraction of sp³-hybridized carbons (Fsp3) is 0.583. The molecule has 5 N–H and O–H groups in total. The van der Waals surface area contributed by atoms with E-state index in [1.165, 1.54) is 0 Å². The Labute approximate surface area is 117 Å². The van der Waals surface area contributed by atoms with Gasteiger partial charge in [0.25, 0.3) is 0 Å². The summed E-state index contributed by atoms with van der Waals surface area (Å²) >= 11 is 0. The summed E-state index contributed by atoms with van der Waals surface area (Å²) in [7, 11) is 0. The van der Waals surface area contributed by atoms with Crippen LogP contribution in [0.4, 0.5) is 22.4 Å². The third-order valence-corrected chi connectivity index (χ3v) is 3.14. The summed E-state index contributed by atoms with van der Waals surface area (Å²) in [6.45, 7) is 3.52. The third kappa shape index (κ3) is 3.62. The van der Waals surface area contributed by atoms with Crippen molar-refractivity contribution in [1.82, 2.24) is 14.9 Å². The number of likely N-dealkylation sites (tertiary alicyclic amines) is 1. The summed E-state index contributed by atoms with van der Waals surface area (Å²) in [6.07, 6.45) is 1.40. The van der Waals surface area contributed by atoms with E-state index in [4.69, 9.17) is 16.2 Å².